The minimum atomic E-state index is 0.443. The summed E-state index contributed by atoms with van der Waals surface area (Å²) in [5.41, 5.74) is 3.53. The second-order valence-electron chi connectivity index (χ2n) is 4.33. The van der Waals surface area contributed by atoms with Gasteiger partial charge in [-0.15, -0.1) is 0 Å². The number of nitrogens with zero attached hydrogens (tertiary/aromatic N) is 2. The molecule has 1 aliphatic heterocycles. The van der Waals surface area contributed by atoms with Crippen molar-refractivity contribution in [2.24, 2.45) is 7.05 Å². The van der Waals surface area contributed by atoms with Crippen LogP contribution in [0.1, 0.15) is 24.6 Å². The minimum absolute atomic E-state index is 0.443. The molecule has 2 aromatic rings. The van der Waals surface area contributed by atoms with Crippen LogP contribution in [0.2, 0.25) is 0 Å². The van der Waals surface area contributed by atoms with Gasteiger partial charge in [0.25, 0.3) is 0 Å². The van der Waals surface area contributed by atoms with Gasteiger partial charge in [-0.25, -0.2) is 0 Å². The summed E-state index contributed by atoms with van der Waals surface area (Å²) in [6, 6.07) is 4.70. The van der Waals surface area contributed by atoms with Gasteiger partial charge in [0, 0.05) is 25.0 Å². The third kappa shape index (κ3) is 1.55. The van der Waals surface area contributed by atoms with Gasteiger partial charge in [-0.1, -0.05) is 0 Å². The van der Waals surface area contributed by atoms with Crippen molar-refractivity contribution in [1.29, 1.82) is 0 Å². The zero-order chi connectivity index (χ0) is 11.0. The summed E-state index contributed by atoms with van der Waals surface area (Å²) in [5.74, 6) is 0. The zero-order valence-electron chi connectivity index (χ0n) is 9.40. The Labute approximate surface area is 94.7 Å². The first-order valence-corrected chi connectivity index (χ1v) is 5.75. The second-order valence-corrected chi connectivity index (χ2v) is 4.33. The zero-order valence-corrected chi connectivity index (χ0v) is 9.40. The number of nitrogens with one attached hydrogen (secondary N) is 2. The molecule has 2 aromatic heterocycles. The van der Waals surface area contributed by atoms with E-state index in [1.165, 1.54) is 24.1 Å². The Kier molecular flexibility index (Phi) is 2.29. The molecule has 0 spiro atoms. The van der Waals surface area contributed by atoms with E-state index in [1.807, 2.05) is 24.1 Å². The van der Waals surface area contributed by atoms with Gasteiger partial charge in [0.05, 0.1) is 17.4 Å². The first-order valence-electron chi connectivity index (χ1n) is 5.75. The summed E-state index contributed by atoms with van der Waals surface area (Å²) in [7, 11) is 2.00. The fourth-order valence-corrected chi connectivity index (χ4v) is 2.35. The van der Waals surface area contributed by atoms with Crippen molar-refractivity contribution in [1.82, 2.24) is 20.1 Å². The van der Waals surface area contributed by atoms with Gasteiger partial charge in [0.2, 0.25) is 0 Å². The predicted octanol–water partition coefficient (Wildman–Crippen LogP) is 1.84. The summed E-state index contributed by atoms with van der Waals surface area (Å²) in [6.07, 6.45) is 6.39. The summed E-state index contributed by atoms with van der Waals surface area (Å²) in [6.45, 7) is 1.11. The van der Waals surface area contributed by atoms with E-state index in [0.717, 1.165) is 12.2 Å². The minimum Gasteiger partial charge on any atom is -0.367 e. The third-order valence-electron chi connectivity index (χ3n) is 3.21. The lowest BCUT2D eigenvalue weighted by molar-refractivity contribution is 0.607. The average Bonchev–Trinajstić information content (AvgIpc) is 2.97. The third-order valence-corrected chi connectivity index (χ3v) is 3.21. The molecule has 0 amide bonds. The van der Waals surface area contributed by atoms with E-state index < -0.39 is 0 Å². The van der Waals surface area contributed by atoms with Crippen LogP contribution in [0.5, 0.6) is 0 Å². The van der Waals surface area contributed by atoms with Crippen LogP contribution in [-0.2, 0) is 7.05 Å². The quantitative estimate of drug-likeness (QED) is 0.804. The van der Waals surface area contributed by atoms with Gasteiger partial charge >= 0.3 is 0 Å². The Morgan fingerprint density at radius 1 is 1.50 bits per heavy atom. The van der Waals surface area contributed by atoms with Crippen LogP contribution >= 0.6 is 0 Å². The Balaban J connectivity index is 1.95. The van der Waals surface area contributed by atoms with E-state index in [1.54, 1.807) is 0 Å². The Hall–Kier alpha value is -1.55. The highest BCUT2D eigenvalue weighted by Gasteiger charge is 2.20. The SMILES string of the molecule is Cn1nc(C2CCCN2)cc1-c1cc[nH]c1. The van der Waals surface area contributed by atoms with Gasteiger partial charge in [0.15, 0.2) is 0 Å². The fourth-order valence-electron chi connectivity index (χ4n) is 2.35. The van der Waals surface area contributed by atoms with Crippen LogP contribution < -0.4 is 5.32 Å². The van der Waals surface area contributed by atoms with Crippen molar-refractivity contribution in [2.75, 3.05) is 6.54 Å². The molecule has 3 rings (SSSR count). The molecule has 3 heterocycles. The first-order chi connectivity index (χ1) is 7.84. The van der Waals surface area contributed by atoms with Crippen LogP contribution in [0, 0.1) is 0 Å². The molecule has 84 valence electrons. The number of hydrogen-bond acceptors (Lipinski definition) is 2. The van der Waals surface area contributed by atoms with Crippen molar-refractivity contribution in [2.45, 2.75) is 18.9 Å². The summed E-state index contributed by atoms with van der Waals surface area (Å²) < 4.78 is 1.96. The van der Waals surface area contributed by atoms with Crippen molar-refractivity contribution >= 4 is 0 Å². The molecular weight excluding hydrogens is 200 g/mol. The van der Waals surface area contributed by atoms with Gasteiger partial charge in [-0.05, 0) is 31.5 Å². The Morgan fingerprint density at radius 3 is 3.12 bits per heavy atom. The highest BCUT2D eigenvalue weighted by molar-refractivity contribution is 5.59. The van der Waals surface area contributed by atoms with E-state index in [0.29, 0.717) is 6.04 Å². The number of aromatic nitrogens is 3. The van der Waals surface area contributed by atoms with Crippen LogP contribution in [0.15, 0.2) is 24.5 Å². The maximum Gasteiger partial charge on any atom is 0.0800 e. The highest BCUT2D eigenvalue weighted by Crippen LogP contribution is 2.26. The Bertz CT molecular complexity index is 463. The Morgan fingerprint density at radius 2 is 2.44 bits per heavy atom. The number of aryl methyl sites for hydroxylation is 1. The van der Waals surface area contributed by atoms with E-state index in [2.05, 4.69) is 27.5 Å². The molecule has 1 saturated heterocycles. The molecule has 1 atom stereocenters. The molecule has 0 aromatic carbocycles. The summed E-state index contributed by atoms with van der Waals surface area (Å²) in [5, 5.41) is 8.06. The largest absolute Gasteiger partial charge is 0.367 e. The number of aromatic amines is 1. The van der Waals surface area contributed by atoms with Crippen molar-refractivity contribution < 1.29 is 0 Å². The van der Waals surface area contributed by atoms with Crippen molar-refractivity contribution in [3.05, 3.63) is 30.2 Å². The van der Waals surface area contributed by atoms with Crippen LogP contribution in [0.3, 0.4) is 0 Å². The fraction of sp³-hybridized carbons (Fsp3) is 0.417. The van der Waals surface area contributed by atoms with Crippen molar-refractivity contribution in [3.63, 3.8) is 0 Å². The molecule has 0 aliphatic carbocycles. The average molecular weight is 216 g/mol. The summed E-state index contributed by atoms with van der Waals surface area (Å²) >= 11 is 0. The molecule has 4 heteroatoms. The first kappa shape index (κ1) is 9.66. The highest BCUT2D eigenvalue weighted by atomic mass is 15.3. The van der Waals surface area contributed by atoms with Crippen LogP contribution in [0.4, 0.5) is 0 Å². The molecule has 16 heavy (non-hydrogen) atoms. The van der Waals surface area contributed by atoms with Crippen LogP contribution in [0.25, 0.3) is 11.3 Å². The number of hydrogen-bond donors (Lipinski definition) is 2. The standard InChI is InChI=1S/C12H16N4/c1-16-12(9-4-6-13-8-9)7-11(15-16)10-3-2-5-14-10/h4,6-8,10,13-14H,2-3,5H2,1H3. The predicted molar refractivity (Wildman–Crippen MR) is 63.0 cm³/mol. The summed E-state index contributed by atoms with van der Waals surface area (Å²) in [4.78, 5) is 3.08. The van der Waals surface area contributed by atoms with E-state index >= 15 is 0 Å². The van der Waals surface area contributed by atoms with E-state index in [4.69, 9.17) is 0 Å². The van der Waals surface area contributed by atoms with E-state index in [9.17, 15) is 0 Å². The van der Waals surface area contributed by atoms with E-state index in [-0.39, 0.29) is 0 Å². The number of H-pyrrole nitrogens is 1. The maximum absolute atomic E-state index is 4.59. The monoisotopic (exact) mass is 216 g/mol. The van der Waals surface area contributed by atoms with Crippen LogP contribution in [-0.4, -0.2) is 21.3 Å². The molecule has 4 nitrogen and oxygen atoms in total. The molecular formula is C12H16N4. The smallest absolute Gasteiger partial charge is 0.0800 e. The maximum atomic E-state index is 4.59. The molecule has 1 fully saturated rings. The molecule has 1 aliphatic rings. The van der Waals surface area contributed by atoms with Gasteiger partial charge in [0.1, 0.15) is 0 Å². The molecule has 1 unspecified atom stereocenters. The molecule has 2 N–H and O–H groups in total. The lowest BCUT2D eigenvalue weighted by Gasteiger charge is -2.04. The lowest BCUT2D eigenvalue weighted by Crippen LogP contribution is -2.13. The topological polar surface area (TPSA) is 45.6 Å². The van der Waals surface area contributed by atoms with Crippen molar-refractivity contribution in [3.8, 4) is 11.3 Å². The van der Waals surface area contributed by atoms with Gasteiger partial charge < -0.3 is 10.3 Å². The normalized spacial score (nSPS) is 20.4. The molecule has 0 radical (unpaired) electrons. The number of rotatable bonds is 2. The van der Waals surface area contributed by atoms with Gasteiger partial charge in [-0.3, -0.25) is 4.68 Å². The second kappa shape index (κ2) is 3.79. The lowest BCUT2D eigenvalue weighted by atomic mass is 10.1. The molecule has 0 bridgehead atoms. The van der Waals surface area contributed by atoms with Gasteiger partial charge in [-0.2, -0.15) is 5.10 Å². The molecule has 0 saturated carbocycles.